The van der Waals surface area contributed by atoms with Gasteiger partial charge < -0.3 is 0 Å². The van der Waals surface area contributed by atoms with Gasteiger partial charge in [-0.1, -0.05) is 54.1 Å². The summed E-state index contributed by atoms with van der Waals surface area (Å²) >= 11 is 6.06. The molecule has 0 fully saturated rings. The van der Waals surface area contributed by atoms with E-state index in [-0.39, 0.29) is 11.4 Å². The molecule has 0 spiro atoms. The van der Waals surface area contributed by atoms with Gasteiger partial charge in [-0.3, -0.25) is 4.90 Å². The third-order valence-corrected chi connectivity index (χ3v) is 6.28. The molecule has 3 aromatic carbocycles. The fourth-order valence-electron chi connectivity index (χ4n) is 3.10. The SMILES string of the molecule is O=C1N(Cc2cccc(Cl)c2)c2ccccc2S(=O)(=O)N1c1ccccc1. The van der Waals surface area contributed by atoms with Crippen LogP contribution in [0.2, 0.25) is 5.02 Å². The molecule has 0 unspecified atom stereocenters. The standard InChI is InChI=1S/C20H15ClN2O3S/c21-16-8-6-7-15(13-16)14-22-18-11-4-5-12-19(18)27(25,26)23(20(22)24)17-9-2-1-3-10-17/h1-13H,14H2. The van der Waals surface area contributed by atoms with Gasteiger partial charge in [0.05, 0.1) is 17.9 Å². The minimum absolute atomic E-state index is 0.0930. The molecule has 7 heteroatoms. The molecule has 0 atom stereocenters. The maximum atomic E-state index is 13.2. The topological polar surface area (TPSA) is 57.7 Å². The van der Waals surface area contributed by atoms with Crippen LogP contribution in [0.1, 0.15) is 5.56 Å². The fourth-order valence-corrected chi connectivity index (χ4v) is 4.90. The Morgan fingerprint density at radius 1 is 0.852 bits per heavy atom. The van der Waals surface area contributed by atoms with Crippen molar-refractivity contribution in [3.63, 3.8) is 0 Å². The van der Waals surface area contributed by atoms with Gasteiger partial charge in [0.1, 0.15) is 4.90 Å². The third kappa shape index (κ3) is 3.07. The number of amides is 2. The number of nitrogens with zero attached hydrogens (tertiary/aromatic N) is 2. The van der Waals surface area contributed by atoms with Crippen LogP contribution in [0.4, 0.5) is 16.2 Å². The smallest absolute Gasteiger partial charge is 0.287 e. The van der Waals surface area contributed by atoms with Crippen LogP contribution in [0.15, 0.2) is 83.8 Å². The summed E-state index contributed by atoms with van der Waals surface area (Å²) in [5, 5.41) is 0.554. The van der Waals surface area contributed by atoms with Crippen LogP contribution in [0, 0.1) is 0 Å². The molecule has 0 radical (unpaired) electrons. The molecule has 1 aliphatic rings. The molecule has 0 bridgehead atoms. The van der Waals surface area contributed by atoms with Crippen LogP contribution >= 0.6 is 11.6 Å². The number of halogens is 1. The lowest BCUT2D eigenvalue weighted by Gasteiger charge is -2.36. The van der Waals surface area contributed by atoms with Gasteiger partial charge in [-0.25, -0.2) is 13.2 Å². The lowest BCUT2D eigenvalue weighted by atomic mass is 10.2. The number of anilines is 2. The second kappa shape index (κ2) is 6.72. The van der Waals surface area contributed by atoms with Gasteiger partial charge >= 0.3 is 6.03 Å². The highest BCUT2D eigenvalue weighted by molar-refractivity contribution is 7.94. The van der Waals surface area contributed by atoms with E-state index in [1.165, 1.54) is 11.0 Å². The quantitative estimate of drug-likeness (QED) is 0.643. The van der Waals surface area contributed by atoms with Crippen LogP contribution < -0.4 is 9.21 Å². The minimum Gasteiger partial charge on any atom is -0.287 e. The first-order valence-corrected chi connectivity index (χ1v) is 10.1. The normalized spacial score (nSPS) is 15.5. The molecule has 1 heterocycles. The number of sulfonamides is 1. The van der Waals surface area contributed by atoms with E-state index in [0.717, 1.165) is 9.87 Å². The number of rotatable bonds is 3. The lowest BCUT2D eigenvalue weighted by molar-refractivity contribution is 0.253. The molecule has 0 aromatic heterocycles. The van der Waals surface area contributed by atoms with E-state index in [9.17, 15) is 13.2 Å². The Kier molecular flexibility index (Phi) is 4.37. The highest BCUT2D eigenvalue weighted by Crippen LogP contribution is 2.37. The lowest BCUT2D eigenvalue weighted by Crippen LogP contribution is -2.50. The van der Waals surface area contributed by atoms with E-state index in [4.69, 9.17) is 11.6 Å². The molecular weight excluding hydrogens is 384 g/mol. The number of hydrogen-bond donors (Lipinski definition) is 0. The summed E-state index contributed by atoms with van der Waals surface area (Å²) in [5.74, 6) is 0. The van der Waals surface area contributed by atoms with Crippen molar-refractivity contribution in [3.05, 3.63) is 89.4 Å². The van der Waals surface area contributed by atoms with Crippen LogP contribution in [0.25, 0.3) is 0 Å². The molecule has 0 N–H and O–H groups in total. The maximum absolute atomic E-state index is 13.2. The van der Waals surface area contributed by atoms with Crippen molar-refractivity contribution in [1.82, 2.24) is 0 Å². The minimum atomic E-state index is -4.00. The molecule has 0 saturated carbocycles. The summed E-state index contributed by atoms with van der Waals surface area (Å²) in [6.07, 6.45) is 0. The Bertz CT molecular complexity index is 1120. The highest BCUT2D eigenvalue weighted by atomic mass is 35.5. The van der Waals surface area contributed by atoms with Crippen LogP contribution in [0.3, 0.4) is 0 Å². The van der Waals surface area contributed by atoms with E-state index in [0.29, 0.717) is 16.4 Å². The van der Waals surface area contributed by atoms with Gasteiger partial charge in [0.15, 0.2) is 0 Å². The zero-order valence-electron chi connectivity index (χ0n) is 14.1. The van der Waals surface area contributed by atoms with E-state index < -0.39 is 16.1 Å². The molecular formula is C20H15ClN2O3S. The van der Waals surface area contributed by atoms with Crippen molar-refractivity contribution in [2.45, 2.75) is 11.4 Å². The fraction of sp³-hybridized carbons (Fsp3) is 0.0500. The monoisotopic (exact) mass is 398 g/mol. The first-order chi connectivity index (χ1) is 13.0. The van der Waals surface area contributed by atoms with E-state index in [1.54, 1.807) is 66.7 Å². The molecule has 5 nitrogen and oxygen atoms in total. The number of benzene rings is 3. The molecule has 0 aliphatic carbocycles. The average Bonchev–Trinajstić information content (AvgIpc) is 2.66. The van der Waals surface area contributed by atoms with Crippen molar-refractivity contribution in [3.8, 4) is 0 Å². The van der Waals surface area contributed by atoms with Gasteiger partial charge in [0.25, 0.3) is 10.0 Å². The number of carbonyl (C=O) groups excluding carboxylic acids is 1. The van der Waals surface area contributed by atoms with Crippen LogP contribution in [-0.4, -0.2) is 14.4 Å². The molecule has 2 amide bonds. The molecule has 4 rings (SSSR count). The predicted octanol–water partition coefficient (Wildman–Crippen LogP) is 4.68. The third-order valence-electron chi connectivity index (χ3n) is 4.30. The largest absolute Gasteiger partial charge is 0.343 e. The molecule has 1 aliphatic heterocycles. The van der Waals surface area contributed by atoms with E-state index >= 15 is 0 Å². The number of carbonyl (C=O) groups is 1. The first kappa shape index (κ1) is 17.6. The van der Waals surface area contributed by atoms with Gasteiger partial charge in [-0.05, 0) is 42.0 Å². The van der Waals surface area contributed by atoms with E-state index in [2.05, 4.69) is 0 Å². The summed E-state index contributed by atoms with van der Waals surface area (Å²) in [6, 6.07) is 21.4. The molecule has 136 valence electrons. The van der Waals surface area contributed by atoms with Crippen molar-refractivity contribution in [1.29, 1.82) is 0 Å². The Balaban J connectivity index is 1.87. The zero-order valence-corrected chi connectivity index (χ0v) is 15.7. The average molecular weight is 399 g/mol. The second-order valence-electron chi connectivity index (χ2n) is 6.07. The first-order valence-electron chi connectivity index (χ1n) is 8.24. The van der Waals surface area contributed by atoms with Crippen LogP contribution in [-0.2, 0) is 16.6 Å². The summed E-state index contributed by atoms with van der Waals surface area (Å²) in [4.78, 5) is 14.8. The number of hydrogen-bond acceptors (Lipinski definition) is 3. The number of para-hydroxylation sites is 2. The maximum Gasteiger partial charge on any atom is 0.343 e. The highest BCUT2D eigenvalue weighted by Gasteiger charge is 2.42. The van der Waals surface area contributed by atoms with Crippen molar-refractivity contribution in [2.75, 3.05) is 9.21 Å². The number of fused-ring (bicyclic) bond motifs is 1. The molecule has 3 aromatic rings. The molecule has 0 saturated heterocycles. The Labute approximate surface area is 162 Å². The van der Waals surface area contributed by atoms with Crippen LogP contribution in [0.5, 0.6) is 0 Å². The Morgan fingerprint density at radius 2 is 1.56 bits per heavy atom. The van der Waals surface area contributed by atoms with E-state index in [1.807, 2.05) is 6.07 Å². The Morgan fingerprint density at radius 3 is 2.30 bits per heavy atom. The summed E-state index contributed by atoms with van der Waals surface area (Å²) in [6.45, 7) is 0.204. The van der Waals surface area contributed by atoms with Crippen molar-refractivity contribution >= 4 is 39.0 Å². The Hall–Kier alpha value is -2.83. The van der Waals surface area contributed by atoms with Crippen molar-refractivity contribution < 1.29 is 13.2 Å². The summed E-state index contributed by atoms with van der Waals surface area (Å²) in [5.41, 5.74) is 1.46. The second-order valence-corrected chi connectivity index (χ2v) is 8.26. The van der Waals surface area contributed by atoms with Gasteiger partial charge in [0.2, 0.25) is 0 Å². The van der Waals surface area contributed by atoms with Gasteiger partial charge in [-0.2, -0.15) is 4.31 Å². The summed E-state index contributed by atoms with van der Waals surface area (Å²) in [7, 11) is -4.00. The predicted molar refractivity (Wildman–Crippen MR) is 106 cm³/mol. The summed E-state index contributed by atoms with van der Waals surface area (Å²) < 4.78 is 27.1. The van der Waals surface area contributed by atoms with Crippen molar-refractivity contribution in [2.24, 2.45) is 0 Å². The zero-order chi connectivity index (χ0) is 19.0. The number of urea groups is 1. The molecule has 27 heavy (non-hydrogen) atoms. The van der Waals surface area contributed by atoms with Gasteiger partial charge in [0, 0.05) is 5.02 Å². The van der Waals surface area contributed by atoms with Gasteiger partial charge in [-0.15, -0.1) is 0 Å².